The highest BCUT2D eigenvalue weighted by atomic mass is 28.4. The van der Waals surface area contributed by atoms with E-state index in [0.29, 0.717) is 12.5 Å². The van der Waals surface area contributed by atoms with Crippen molar-refractivity contribution in [3.8, 4) is 0 Å². The van der Waals surface area contributed by atoms with E-state index in [1.165, 1.54) is 0 Å². The third kappa shape index (κ3) is 3.74. The maximum Gasteiger partial charge on any atom is 0.504 e. The Kier molecular flexibility index (Phi) is 5.67. The standard InChI is InChI=1S/C11H18O6Si/c1-14-18(15-2,16-3)7-5-4-6-9-8-10(12)17-11(9)13/h4-5,9H,6-8H2,1-3H3. The molecule has 0 N–H and O–H groups in total. The summed E-state index contributed by atoms with van der Waals surface area (Å²) in [5.74, 6) is -1.26. The van der Waals surface area contributed by atoms with Crippen molar-refractivity contribution in [3.63, 3.8) is 0 Å². The summed E-state index contributed by atoms with van der Waals surface area (Å²) in [5.41, 5.74) is 0. The normalized spacial score (nSPS) is 20.7. The highest BCUT2D eigenvalue weighted by Crippen LogP contribution is 2.20. The molecule has 1 saturated heterocycles. The minimum atomic E-state index is -2.59. The number of cyclic esters (lactones) is 2. The Morgan fingerprint density at radius 1 is 1.22 bits per heavy atom. The first kappa shape index (κ1) is 15.0. The van der Waals surface area contributed by atoms with Crippen molar-refractivity contribution >= 4 is 20.7 Å². The van der Waals surface area contributed by atoms with Gasteiger partial charge in [0.2, 0.25) is 0 Å². The van der Waals surface area contributed by atoms with Crippen molar-refractivity contribution in [2.24, 2.45) is 5.92 Å². The maximum atomic E-state index is 11.2. The van der Waals surface area contributed by atoms with Gasteiger partial charge in [-0.05, 0) is 6.42 Å². The van der Waals surface area contributed by atoms with Gasteiger partial charge >= 0.3 is 20.7 Å². The highest BCUT2D eigenvalue weighted by Gasteiger charge is 2.36. The number of carbonyl (C=O) groups is 2. The van der Waals surface area contributed by atoms with E-state index in [9.17, 15) is 9.59 Å². The van der Waals surface area contributed by atoms with E-state index in [4.69, 9.17) is 13.3 Å². The van der Waals surface area contributed by atoms with E-state index >= 15 is 0 Å². The molecule has 0 bridgehead atoms. The van der Waals surface area contributed by atoms with Gasteiger partial charge in [-0.2, -0.15) is 0 Å². The van der Waals surface area contributed by atoms with Crippen molar-refractivity contribution in [2.45, 2.75) is 18.9 Å². The molecule has 0 radical (unpaired) electrons. The molecular formula is C11H18O6Si. The zero-order valence-corrected chi connectivity index (χ0v) is 11.8. The topological polar surface area (TPSA) is 71.1 Å². The average Bonchev–Trinajstić information content (AvgIpc) is 2.69. The number of ether oxygens (including phenoxy) is 1. The van der Waals surface area contributed by atoms with Crippen LogP contribution in [0, 0.1) is 5.92 Å². The number of carbonyl (C=O) groups excluding carboxylic acids is 2. The van der Waals surface area contributed by atoms with Crippen molar-refractivity contribution in [1.29, 1.82) is 0 Å². The van der Waals surface area contributed by atoms with Gasteiger partial charge in [0.25, 0.3) is 0 Å². The van der Waals surface area contributed by atoms with Gasteiger partial charge in [0, 0.05) is 27.4 Å². The number of rotatable bonds is 7. The van der Waals surface area contributed by atoms with Gasteiger partial charge in [-0.3, -0.25) is 9.59 Å². The van der Waals surface area contributed by atoms with Gasteiger partial charge in [0.15, 0.2) is 0 Å². The SMILES string of the molecule is CO[Si](CC=CCC1CC(=O)OC1=O)(OC)OC. The van der Waals surface area contributed by atoms with Crippen LogP contribution in [0.3, 0.4) is 0 Å². The van der Waals surface area contributed by atoms with Crippen LogP contribution in [0.25, 0.3) is 0 Å². The summed E-state index contributed by atoms with van der Waals surface area (Å²) in [4.78, 5) is 22.1. The maximum absolute atomic E-state index is 11.2. The van der Waals surface area contributed by atoms with Crippen LogP contribution in [0.15, 0.2) is 12.2 Å². The number of hydrogen-bond acceptors (Lipinski definition) is 6. The van der Waals surface area contributed by atoms with Crippen LogP contribution in [-0.2, 0) is 27.6 Å². The summed E-state index contributed by atoms with van der Waals surface area (Å²) >= 11 is 0. The van der Waals surface area contributed by atoms with Crippen LogP contribution in [-0.4, -0.2) is 42.1 Å². The third-order valence-corrected chi connectivity index (χ3v) is 5.45. The highest BCUT2D eigenvalue weighted by molar-refractivity contribution is 6.61. The summed E-state index contributed by atoms with van der Waals surface area (Å²) in [6, 6.07) is 0.520. The predicted molar refractivity (Wildman–Crippen MR) is 64.6 cm³/mol. The van der Waals surface area contributed by atoms with E-state index < -0.39 is 20.7 Å². The molecule has 1 rings (SSSR count). The first-order valence-electron chi connectivity index (χ1n) is 5.62. The number of hydrogen-bond donors (Lipinski definition) is 0. The van der Waals surface area contributed by atoms with Crippen LogP contribution in [0.2, 0.25) is 6.04 Å². The fourth-order valence-corrected chi connectivity index (χ4v) is 3.14. The monoisotopic (exact) mass is 274 g/mol. The Morgan fingerprint density at radius 3 is 2.28 bits per heavy atom. The van der Waals surface area contributed by atoms with Crippen molar-refractivity contribution in [2.75, 3.05) is 21.3 Å². The van der Waals surface area contributed by atoms with Crippen LogP contribution >= 0.6 is 0 Å². The molecule has 0 saturated carbocycles. The largest absolute Gasteiger partial charge is 0.504 e. The van der Waals surface area contributed by atoms with E-state index in [-0.39, 0.29) is 12.3 Å². The molecule has 102 valence electrons. The van der Waals surface area contributed by atoms with E-state index in [1.54, 1.807) is 21.3 Å². The fraction of sp³-hybridized carbons (Fsp3) is 0.636. The molecule has 1 unspecified atom stereocenters. The zero-order chi connectivity index (χ0) is 13.6. The molecule has 0 aromatic carbocycles. The molecular weight excluding hydrogens is 256 g/mol. The molecule has 6 nitrogen and oxygen atoms in total. The molecule has 18 heavy (non-hydrogen) atoms. The molecule has 0 aromatic heterocycles. The summed E-state index contributed by atoms with van der Waals surface area (Å²) in [6.45, 7) is 0. The van der Waals surface area contributed by atoms with Crippen molar-refractivity contribution in [1.82, 2.24) is 0 Å². The predicted octanol–water partition coefficient (Wildman–Crippen LogP) is 0.900. The van der Waals surface area contributed by atoms with Crippen LogP contribution in [0.4, 0.5) is 0 Å². The molecule has 0 spiro atoms. The Morgan fingerprint density at radius 2 is 1.83 bits per heavy atom. The Hall–Kier alpha value is -1.02. The lowest BCUT2D eigenvalue weighted by Gasteiger charge is -2.22. The molecule has 1 heterocycles. The lowest BCUT2D eigenvalue weighted by molar-refractivity contribution is -0.153. The first-order chi connectivity index (χ1) is 8.56. The van der Waals surface area contributed by atoms with Crippen LogP contribution in [0.5, 0.6) is 0 Å². The van der Waals surface area contributed by atoms with Gasteiger partial charge in [0.05, 0.1) is 12.3 Å². The second-order valence-corrected chi connectivity index (χ2v) is 6.90. The smallest absolute Gasteiger partial charge is 0.393 e. The lowest BCUT2D eigenvalue weighted by Crippen LogP contribution is -2.42. The molecule has 7 heteroatoms. The summed E-state index contributed by atoms with van der Waals surface area (Å²) in [5, 5.41) is 0. The molecule has 0 amide bonds. The zero-order valence-electron chi connectivity index (χ0n) is 10.8. The van der Waals surface area contributed by atoms with Gasteiger partial charge in [-0.15, -0.1) is 0 Å². The quantitative estimate of drug-likeness (QED) is 0.297. The summed E-state index contributed by atoms with van der Waals surface area (Å²) in [7, 11) is 2.03. The second kappa shape index (κ2) is 6.79. The Labute approximate surface area is 107 Å². The van der Waals surface area contributed by atoms with Gasteiger partial charge in [-0.25, -0.2) is 0 Å². The minimum absolute atomic E-state index is 0.157. The van der Waals surface area contributed by atoms with E-state index in [0.717, 1.165) is 0 Å². The van der Waals surface area contributed by atoms with Crippen LogP contribution < -0.4 is 0 Å². The molecule has 0 aromatic rings. The molecule has 1 atom stereocenters. The van der Waals surface area contributed by atoms with Gasteiger partial charge in [-0.1, -0.05) is 12.2 Å². The molecule has 0 aliphatic carbocycles. The van der Waals surface area contributed by atoms with Crippen LogP contribution in [0.1, 0.15) is 12.8 Å². The van der Waals surface area contributed by atoms with E-state index in [2.05, 4.69) is 4.74 Å². The average molecular weight is 274 g/mol. The first-order valence-corrected chi connectivity index (χ1v) is 7.55. The second-order valence-electron chi connectivity index (χ2n) is 3.90. The molecule has 1 aliphatic heterocycles. The Balaban J connectivity index is 2.41. The van der Waals surface area contributed by atoms with Gasteiger partial charge in [0.1, 0.15) is 0 Å². The molecule has 1 aliphatic rings. The van der Waals surface area contributed by atoms with Crippen molar-refractivity contribution in [3.05, 3.63) is 12.2 Å². The van der Waals surface area contributed by atoms with Crippen molar-refractivity contribution < 1.29 is 27.6 Å². The number of allylic oxidation sites excluding steroid dienone is 2. The third-order valence-electron chi connectivity index (χ3n) is 2.85. The molecule has 1 fully saturated rings. The number of esters is 2. The Bertz CT molecular complexity index is 328. The summed E-state index contributed by atoms with van der Waals surface area (Å²) in [6.07, 6.45) is 4.30. The minimum Gasteiger partial charge on any atom is -0.393 e. The van der Waals surface area contributed by atoms with Gasteiger partial charge < -0.3 is 18.0 Å². The fourth-order valence-electron chi connectivity index (χ4n) is 1.69. The van der Waals surface area contributed by atoms with E-state index in [1.807, 2.05) is 12.2 Å². The lowest BCUT2D eigenvalue weighted by atomic mass is 10.0. The summed E-state index contributed by atoms with van der Waals surface area (Å²) < 4.78 is 20.2.